The lowest BCUT2D eigenvalue weighted by atomic mass is 9.99. The van der Waals surface area contributed by atoms with Crippen LogP contribution in [0.3, 0.4) is 0 Å². The zero-order valence-corrected chi connectivity index (χ0v) is 19.0. The van der Waals surface area contributed by atoms with Crippen molar-refractivity contribution >= 4 is 16.7 Å². The van der Waals surface area contributed by atoms with E-state index in [0.29, 0.717) is 33.5 Å². The van der Waals surface area contributed by atoms with Gasteiger partial charge in [-0.1, -0.05) is 11.2 Å². The Morgan fingerprint density at radius 2 is 1.86 bits per heavy atom. The van der Waals surface area contributed by atoms with E-state index in [1.807, 2.05) is 19.9 Å². The van der Waals surface area contributed by atoms with Crippen molar-refractivity contribution in [1.29, 1.82) is 0 Å². The second kappa shape index (κ2) is 8.64. The lowest BCUT2D eigenvalue weighted by molar-refractivity contribution is 0.388. The molecule has 4 heterocycles. The van der Waals surface area contributed by atoms with Crippen LogP contribution < -0.4 is 16.5 Å². The molecule has 35 heavy (non-hydrogen) atoms. The molecule has 0 radical (unpaired) electrons. The quantitative estimate of drug-likeness (QED) is 0.357. The SMILES string of the molecule is Cc1cc(C(C)Nc2cccnc2-c2noc(=O)[nH]2)c2oc(-c3cccnc3F)c(C)c(=O)c2c1. The molecule has 0 bridgehead atoms. The highest BCUT2D eigenvalue weighted by Gasteiger charge is 2.21. The van der Waals surface area contributed by atoms with Gasteiger partial charge in [-0.15, -0.1) is 0 Å². The number of halogens is 1. The second-order valence-electron chi connectivity index (χ2n) is 8.17. The molecule has 176 valence electrons. The van der Waals surface area contributed by atoms with Gasteiger partial charge in [0, 0.05) is 23.5 Å². The van der Waals surface area contributed by atoms with E-state index in [2.05, 4.69) is 29.9 Å². The van der Waals surface area contributed by atoms with Gasteiger partial charge < -0.3 is 9.73 Å². The third kappa shape index (κ3) is 3.99. The van der Waals surface area contributed by atoms with Gasteiger partial charge in [0.05, 0.1) is 22.7 Å². The number of aromatic amines is 1. The Balaban J connectivity index is 1.65. The topological polar surface area (TPSA) is 127 Å². The molecule has 0 amide bonds. The lowest BCUT2D eigenvalue weighted by Gasteiger charge is -2.19. The largest absolute Gasteiger partial charge is 0.455 e. The van der Waals surface area contributed by atoms with E-state index in [9.17, 15) is 14.0 Å². The number of aromatic nitrogens is 4. The summed E-state index contributed by atoms with van der Waals surface area (Å²) in [4.78, 5) is 35.2. The summed E-state index contributed by atoms with van der Waals surface area (Å²) >= 11 is 0. The Labute approximate surface area is 197 Å². The first-order valence-electron chi connectivity index (χ1n) is 10.8. The molecule has 1 unspecified atom stereocenters. The zero-order chi connectivity index (χ0) is 24.7. The molecule has 0 saturated heterocycles. The van der Waals surface area contributed by atoms with Gasteiger partial charge in [-0.05, 0) is 56.7 Å². The fourth-order valence-corrected chi connectivity index (χ4v) is 4.05. The van der Waals surface area contributed by atoms with Crippen LogP contribution in [0, 0.1) is 19.8 Å². The minimum absolute atomic E-state index is 0.112. The Kier molecular flexibility index (Phi) is 5.48. The van der Waals surface area contributed by atoms with Crippen molar-refractivity contribution in [2.24, 2.45) is 0 Å². The smallest absolute Gasteiger partial charge is 0.439 e. The summed E-state index contributed by atoms with van der Waals surface area (Å²) in [7, 11) is 0. The van der Waals surface area contributed by atoms with Gasteiger partial charge in [-0.3, -0.25) is 19.3 Å². The Bertz CT molecular complexity index is 1690. The van der Waals surface area contributed by atoms with Crippen LogP contribution in [0.1, 0.15) is 29.7 Å². The number of hydrogen-bond acceptors (Lipinski definition) is 8. The number of rotatable bonds is 5. The fraction of sp³-hybridized carbons (Fsp3) is 0.160. The van der Waals surface area contributed by atoms with E-state index in [1.165, 1.54) is 12.3 Å². The molecule has 0 fully saturated rings. The van der Waals surface area contributed by atoms with Crippen LogP contribution in [0.4, 0.5) is 10.1 Å². The fourth-order valence-electron chi connectivity index (χ4n) is 4.05. The number of H-pyrrole nitrogens is 1. The molecule has 0 aliphatic heterocycles. The van der Waals surface area contributed by atoms with Crippen LogP contribution >= 0.6 is 0 Å². The molecule has 10 heteroatoms. The van der Waals surface area contributed by atoms with Crippen molar-refractivity contribution in [3.8, 4) is 22.8 Å². The van der Waals surface area contributed by atoms with Gasteiger partial charge in [-0.25, -0.2) is 9.78 Å². The maximum atomic E-state index is 14.5. The maximum Gasteiger partial charge on any atom is 0.439 e. The van der Waals surface area contributed by atoms with Crippen molar-refractivity contribution in [2.75, 3.05) is 5.32 Å². The molecule has 5 aromatic rings. The molecule has 0 aliphatic rings. The van der Waals surface area contributed by atoms with Crippen LogP contribution in [-0.4, -0.2) is 20.1 Å². The summed E-state index contributed by atoms with van der Waals surface area (Å²) in [6, 6.07) is 9.89. The lowest BCUT2D eigenvalue weighted by Crippen LogP contribution is -2.13. The number of fused-ring (bicyclic) bond motifs is 1. The average Bonchev–Trinajstić information content (AvgIpc) is 3.28. The van der Waals surface area contributed by atoms with E-state index in [-0.39, 0.29) is 28.6 Å². The minimum Gasteiger partial charge on any atom is -0.455 e. The molecule has 0 saturated carbocycles. The average molecular weight is 473 g/mol. The van der Waals surface area contributed by atoms with E-state index < -0.39 is 11.7 Å². The number of pyridine rings is 2. The Morgan fingerprint density at radius 1 is 1.09 bits per heavy atom. The summed E-state index contributed by atoms with van der Waals surface area (Å²) in [6.45, 7) is 5.38. The van der Waals surface area contributed by atoms with Crippen LogP contribution in [0.2, 0.25) is 0 Å². The first-order valence-corrected chi connectivity index (χ1v) is 10.8. The summed E-state index contributed by atoms with van der Waals surface area (Å²) < 4.78 is 25.3. The molecule has 1 atom stereocenters. The van der Waals surface area contributed by atoms with Crippen LogP contribution in [0.25, 0.3) is 33.8 Å². The van der Waals surface area contributed by atoms with Crippen molar-refractivity contribution in [1.82, 2.24) is 20.1 Å². The monoisotopic (exact) mass is 473 g/mol. The number of hydrogen-bond donors (Lipinski definition) is 2. The van der Waals surface area contributed by atoms with Crippen molar-refractivity contribution in [3.63, 3.8) is 0 Å². The molecule has 0 spiro atoms. The van der Waals surface area contributed by atoms with Gasteiger partial charge in [0.25, 0.3) is 0 Å². The molecule has 9 nitrogen and oxygen atoms in total. The van der Waals surface area contributed by atoms with E-state index in [1.54, 1.807) is 37.4 Å². The van der Waals surface area contributed by atoms with E-state index in [4.69, 9.17) is 4.42 Å². The summed E-state index contributed by atoms with van der Waals surface area (Å²) in [5.41, 5.74) is 3.01. The Morgan fingerprint density at radius 3 is 2.60 bits per heavy atom. The first kappa shape index (κ1) is 22.2. The second-order valence-corrected chi connectivity index (χ2v) is 8.17. The first-order chi connectivity index (χ1) is 16.8. The minimum atomic E-state index is -0.723. The molecule has 5 rings (SSSR count). The predicted octanol–water partition coefficient (Wildman–Crippen LogP) is 4.52. The Hall–Kier alpha value is -4.60. The van der Waals surface area contributed by atoms with Gasteiger partial charge >= 0.3 is 5.76 Å². The summed E-state index contributed by atoms with van der Waals surface area (Å²) in [5.74, 6) is -1.11. The number of nitrogens with one attached hydrogen (secondary N) is 2. The van der Waals surface area contributed by atoms with Gasteiger partial charge in [0.15, 0.2) is 5.43 Å². The predicted molar refractivity (Wildman–Crippen MR) is 128 cm³/mol. The van der Waals surface area contributed by atoms with E-state index in [0.717, 1.165) is 5.56 Å². The summed E-state index contributed by atoms with van der Waals surface area (Å²) in [6.07, 6.45) is 2.90. The third-order valence-corrected chi connectivity index (χ3v) is 5.71. The molecular formula is C25H20FN5O4. The van der Waals surface area contributed by atoms with Crippen LogP contribution in [-0.2, 0) is 0 Å². The van der Waals surface area contributed by atoms with Gasteiger partial charge in [-0.2, -0.15) is 4.39 Å². The van der Waals surface area contributed by atoms with Crippen molar-refractivity contribution < 1.29 is 13.3 Å². The van der Waals surface area contributed by atoms with Gasteiger partial charge in [0.1, 0.15) is 17.0 Å². The number of benzene rings is 1. The van der Waals surface area contributed by atoms with E-state index >= 15 is 0 Å². The highest BCUT2D eigenvalue weighted by molar-refractivity contribution is 5.85. The van der Waals surface area contributed by atoms with Crippen molar-refractivity contribution in [2.45, 2.75) is 26.8 Å². The molecule has 4 aromatic heterocycles. The number of anilines is 1. The molecule has 2 N–H and O–H groups in total. The zero-order valence-electron chi connectivity index (χ0n) is 19.0. The normalized spacial score (nSPS) is 12.1. The molecular weight excluding hydrogens is 453 g/mol. The summed E-state index contributed by atoms with van der Waals surface area (Å²) in [5, 5.41) is 7.46. The van der Waals surface area contributed by atoms with Crippen LogP contribution in [0.15, 0.2) is 67.3 Å². The number of aryl methyl sites for hydroxylation is 1. The van der Waals surface area contributed by atoms with Crippen molar-refractivity contribution in [3.05, 3.63) is 92.2 Å². The van der Waals surface area contributed by atoms with Crippen LogP contribution in [0.5, 0.6) is 0 Å². The molecule has 0 aliphatic carbocycles. The highest BCUT2D eigenvalue weighted by Crippen LogP contribution is 2.33. The standard InChI is InChI=1S/C25H20FN5O4/c1-12-10-16(14(3)29-18-7-5-8-27-19(18)24-30-25(33)35-31-24)22-17(11-12)20(32)13(2)21(34-22)15-6-4-9-28-23(15)26/h4-11,14,29H,1-3H3,(H,30,31,33). The van der Waals surface area contributed by atoms with Gasteiger partial charge in [0.2, 0.25) is 11.8 Å². The number of nitrogens with zero attached hydrogens (tertiary/aromatic N) is 3. The third-order valence-electron chi connectivity index (χ3n) is 5.71. The molecule has 1 aromatic carbocycles. The highest BCUT2D eigenvalue weighted by atomic mass is 19.1. The maximum absolute atomic E-state index is 14.5.